The Labute approximate surface area is 110 Å². The van der Waals surface area contributed by atoms with Crippen LogP contribution in [-0.2, 0) is 4.74 Å². The number of methoxy groups -OCH3 is 1. The van der Waals surface area contributed by atoms with E-state index in [9.17, 15) is 0 Å². The number of aromatic nitrogens is 1. The Kier molecular flexibility index (Phi) is 6.25. The molecule has 1 aromatic rings. The lowest BCUT2D eigenvalue weighted by Gasteiger charge is -2.35. The molecule has 0 aliphatic rings. The highest BCUT2D eigenvalue weighted by Crippen LogP contribution is 2.23. The second kappa shape index (κ2) is 7.46. The summed E-state index contributed by atoms with van der Waals surface area (Å²) in [5.74, 6) is 0. The van der Waals surface area contributed by atoms with Crippen LogP contribution in [0.3, 0.4) is 0 Å². The van der Waals surface area contributed by atoms with Crippen LogP contribution in [0.4, 0.5) is 0 Å². The zero-order chi connectivity index (χ0) is 13.5. The van der Waals surface area contributed by atoms with Gasteiger partial charge in [-0.15, -0.1) is 0 Å². The molecule has 2 N–H and O–H groups in total. The summed E-state index contributed by atoms with van der Waals surface area (Å²) < 4.78 is 5.19. The van der Waals surface area contributed by atoms with Crippen molar-refractivity contribution >= 4 is 0 Å². The molecule has 1 heterocycles. The number of nitrogens with two attached hydrogens (primary N) is 1. The van der Waals surface area contributed by atoms with Gasteiger partial charge in [-0.25, -0.2) is 0 Å². The third kappa shape index (κ3) is 3.77. The van der Waals surface area contributed by atoms with Gasteiger partial charge in [0.25, 0.3) is 0 Å². The van der Waals surface area contributed by atoms with E-state index in [0.29, 0.717) is 19.2 Å². The van der Waals surface area contributed by atoms with E-state index in [1.807, 2.05) is 18.5 Å². The minimum absolute atomic E-state index is 0.203. The van der Waals surface area contributed by atoms with Gasteiger partial charge in [0.1, 0.15) is 0 Å². The molecule has 4 heteroatoms. The maximum Gasteiger partial charge on any atom is 0.0590 e. The first-order valence-electron chi connectivity index (χ1n) is 6.47. The SMILES string of the molecule is COCCN(C(C)C)C(CN)c1cnccc1C. The van der Waals surface area contributed by atoms with Gasteiger partial charge in [-0.05, 0) is 38.0 Å². The van der Waals surface area contributed by atoms with E-state index < -0.39 is 0 Å². The smallest absolute Gasteiger partial charge is 0.0590 e. The summed E-state index contributed by atoms with van der Waals surface area (Å²) in [6.45, 7) is 8.66. The van der Waals surface area contributed by atoms with Gasteiger partial charge in [0.05, 0.1) is 6.61 Å². The van der Waals surface area contributed by atoms with Gasteiger partial charge in [-0.1, -0.05) is 0 Å². The number of hydrogen-bond donors (Lipinski definition) is 1. The van der Waals surface area contributed by atoms with Crippen LogP contribution in [0.15, 0.2) is 18.5 Å². The molecule has 0 amide bonds. The molecule has 0 fully saturated rings. The molecule has 0 bridgehead atoms. The lowest BCUT2D eigenvalue weighted by molar-refractivity contribution is 0.0976. The first kappa shape index (κ1) is 15.1. The van der Waals surface area contributed by atoms with Crippen LogP contribution < -0.4 is 5.73 Å². The summed E-state index contributed by atoms with van der Waals surface area (Å²) in [4.78, 5) is 6.59. The summed E-state index contributed by atoms with van der Waals surface area (Å²) in [6, 6.07) is 2.66. The highest BCUT2D eigenvalue weighted by atomic mass is 16.5. The molecule has 0 spiro atoms. The van der Waals surface area contributed by atoms with Gasteiger partial charge in [0, 0.05) is 44.7 Å². The monoisotopic (exact) mass is 251 g/mol. The number of nitrogens with zero attached hydrogens (tertiary/aromatic N) is 2. The summed E-state index contributed by atoms with van der Waals surface area (Å²) in [5, 5.41) is 0. The van der Waals surface area contributed by atoms with Crippen LogP contribution in [0, 0.1) is 6.92 Å². The number of aryl methyl sites for hydroxylation is 1. The Balaban J connectivity index is 2.95. The largest absolute Gasteiger partial charge is 0.383 e. The van der Waals surface area contributed by atoms with Crippen LogP contribution >= 0.6 is 0 Å². The normalized spacial score (nSPS) is 13.3. The summed E-state index contributed by atoms with van der Waals surface area (Å²) in [5.41, 5.74) is 8.43. The molecule has 1 unspecified atom stereocenters. The lowest BCUT2D eigenvalue weighted by atomic mass is 10.0. The van der Waals surface area contributed by atoms with E-state index in [1.54, 1.807) is 7.11 Å². The topological polar surface area (TPSA) is 51.4 Å². The maximum absolute atomic E-state index is 5.97. The summed E-state index contributed by atoms with van der Waals surface area (Å²) in [6.07, 6.45) is 3.75. The molecule has 102 valence electrons. The highest BCUT2D eigenvalue weighted by Gasteiger charge is 2.22. The van der Waals surface area contributed by atoms with Gasteiger partial charge in [-0.3, -0.25) is 9.88 Å². The van der Waals surface area contributed by atoms with Crippen molar-refractivity contribution in [1.29, 1.82) is 0 Å². The molecule has 0 radical (unpaired) electrons. The Morgan fingerprint density at radius 2 is 2.17 bits per heavy atom. The van der Waals surface area contributed by atoms with Crippen molar-refractivity contribution in [3.63, 3.8) is 0 Å². The predicted octanol–water partition coefficient (Wildman–Crippen LogP) is 1.75. The Bertz CT molecular complexity index is 355. The summed E-state index contributed by atoms with van der Waals surface area (Å²) in [7, 11) is 1.73. The molecule has 4 nitrogen and oxygen atoms in total. The van der Waals surface area contributed by atoms with Gasteiger partial charge in [0.2, 0.25) is 0 Å². The molecule has 0 aromatic carbocycles. The zero-order valence-electron chi connectivity index (χ0n) is 11.9. The fourth-order valence-corrected chi connectivity index (χ4v) is 2.24. The zero-order valence-corrected chi connectivity index (χ0v) is 11.9. The Morgan fingerprint density at radius 3 is 2.67 bits per heavy atom. The minimum Gasteiger partial charge on any atom is -0.383 e. The number of hydrogen-bond acceptors (Lipinski definition) is 4. The molecule has 0 saturated heterocycles. The fraction of sp³-hybridized carbons (Fsp3) is 0.643. The van der Waals surface area contributed by atoms with Crippen molar-refractivity contribution in [2.24, 2.45) is 5.73 Å². The maximum atomic E-state index is 5.97. The minimum atomic E-state index is 0.203. The first-order valence-corrected chi connectivity index (χ1v) is 6.47. The Morgan fingerprint density at radius 1 is 1.44 bits per heavy atom. The average molecular weight is 251 g/mol. The van der Waals surface area contributed by atoms with Gasteiger partial charge in [0.15, 0.2) is 0 Å². The third-order valence-electron chi connectivity index (χ3n) is 3.28. The molecule has 0 aliphatic carbocycles. The van der Waals surface area contributed by atoms with Gasteiger partial charge >= 0.3 is 0 Å². The van der Waals surface area contributed by atoms with Crippen molar-refractivity contribution in [3.05, 3.63) is 29.6 Å². The van der Waals surface area contributed by atoms with Crippen LogP contribution in [-0.4, -0.2) is 42.7 Å². The highest BCUT2D eigenvalue weighted by molar-refractivity contribution is 5.25. The average Bonchev–Trinajstić information content (AvgIpc) is 2.35. The van der Waals surface area contributed by atoms with Crippen molar-refractivity contribution in [1.82, 2.24) is 9.88 Å². The fourth-order valence-electron chi connectivity index (χ4n) is 2.24. The molecular weight excluding hydrogens is 226 g/mol. The van der Waals surface area contributed by atoms with Gasteiger partial charge < -0.3 is 10.5 Å². The van der Waals surface area contributed by atoms with Crippen LogP contribution in [0.2, 0.25) is 0 Å². The molecule has 0 saturated carbocycles. The van der Waals surface area contributed by atoms with Crippen molar-refractivity contribution in [2.75, 3.05) is 26.8 Å². The van der Waals surface area contributed by atoms with Crippen LogP contribution in [0.25, 0.3) is 0 Å². The molecule has 1 aromatic heterocycles. The standard InChI is InChI=1S/C14H25N3O/c1-11(2)17(7-8-18-4)14(9-15)13-10-16-6-5-12(13)3/h5-6,10-11,14H,7-9,15H2,1-4H3. The number of pyridine rings is 1. The van der Waals surface area contributed by atoms with Crippen LogP contribution in [0.1, 0.15) is 31.0 Å². The lowest BCUT2D eigenvalue weighted by Crippen LogP contribution is -2.41. The quantitative estimate of drug-likeness (QED) is 0.802. The molecule has 1 rings (SSSR count). The van der Waals surface area contributed by atoms with E-state index in [-0.39, 0.29) is 6.04 Å². The predicted molar refractivity (Wildman–Crippen MR) is 74.5 cm³/mol. The molecule has 1 atom stereocenters. The molecular formula is C14H25N3O. The van der Waals surface area contributed by atoms with E-state index in [4.69, 9.17) is 10.5 Å². The van der Waals surface area contributed by atoms with E-state index in [2.05, 4.69) is 30.7 Å². The second-order valence-electron chi connectivity index (χ2n) is 4.81. The number of ether oxygens (including phenoxy) is 1. The van der Waals surface area contributed by atoms with E-state index in [1.165, 1.54) is 11.1 Å². The van der Waals surface area contributed by atoms with Crippen molar-refractivity contribution in [3.8, 4) is 0 Å². The summed E-state index contributed by atoms with van der Waals surface area (Å²) >= 11 is 0. The van der Waals surface area contributed by atoms with Crippen LogP contribution in [0.5, 0.6) is 0 Å². The second-order valence-corrected chi connectivity index (χ2v) is 4.81. The van der Waals surface area contributed by atoms with Crippen molar-refractivity contribution < 1.29 is 4.74 Å². The Hall–Kier alpha value is -0.970. The first-order chi connectivity index (χ1) is 8.61. The molecule has 0 aliphatic heterocycles. The van der Waals surface area contributed by atoms with E-state index >= 15 is 0 Å². The van der Waals surface area contributed by atoms with Crippen molar-refractivity contribution in [2.45, 2.75) is 32.9 Å². The molecule has 18 heavy (non-hydrogen) atoms. The third-order valence-corrected chi connectivity index (χ3v) is 3.28. The van der Waals surface area contributed by atoms with Gasteiger partial charge in [-0.2, -0.15) is 0 Å². The van der Waals surface area contributed by atoms with E-state index in [0.717, 1.165) is 6.54 Å². The number of rotatable bonds is 7.